The molecule has 3 rings (SSSR count). The molecule has 26 heavy (non-hydrogen) atoms. The van der Waals surface area contributed by atoms with E-state index in [9.17, 15) is 0 Å². The van der Waals surface area contributed by atoms with Crippen LogP contribution in [-0.2, 0) is 4.74 Å². The van der Waals surface area contributed by atoms with Gasteiger partial charge in [-0.05, 0) is 25.7 Å². The Balaban J connectivity index is 1.96. The van der Waals surface area contributed by atoms with E-state index in [0.29, 0.717) is 11.3 Å². The van der Waals surface area contributed by atoms with Crippen molar-refractivity contribution in [3.63, 3.8) is 0 Å². The highest BCUT2D eigenvalue weighted by Crippen LogP contribution is 2.19. The van der Waals surface area contributed by atoms with Gasteiger partial charge in [0.1, 0.15) is 23.5 Å². The van der Waals surface area contributed by atoms with Crippen molar-refractivity contribution < 1.29 is 4.74 Å². The fourth-order valence-electron chi connectivity index (χ4n) is 3.69. The Bertz CT molecular complexity index is 790. The lowest BCUT2D eigenvalue weighted by Gasteiger charge is -2.31. The monoisotopic (exact) mass is 351 g/mol. The third-order valence-corrected chi connectivity index (χ3v) is 5.08. The Morgan fingerprint density at radius 1 is 1.08 bits per heavy atom. The molecule has 1 atom stereocenters. The standard InChI is InChI=1S/C20H25N5O/c1-26-15-19-5-4-12-25(19)23-20(24-10-2-3-11-24)17-8-6-16(7-9-17)18(13-21)14-22/h6-9,19,23H,2-5,10-12,15H2,1H3/t19-/m0/s1. The highest BCUT2D eigenvalue weighted by Gasteiger charge is 2.26. The number of hydrogen-bond donors (Lipinski definition) is 1. The summed E-state index contributed by atoms with van der Waals surface area (Å²) in [5.41, 5.74) is 3.79. The Hall–Kier alpha value is -2.54. The van der Waals surface area contributed by atoms with Crippen molar-refractivity contribution in [1.82, 2.24) is 15.3 Å². The van der Waals surface area contributed by atoms with E-state index in [1.54, 1.807) is 7.11 Å². The summed E-state index contributed by atoms with van der Waals surface area (Å²) in [7, 11) is 1.75. The molecule has 1 N–H and O–H groups in total. The lowest BCUT2D eigenvalue weighted by atomic mass is 10.2. The second-order valence-electron chi connectivity index (χ2n) is 6.78. The van der Waals surface area contributed by atoms with Crippen molar-refractivity contribution in [2.45, 2.75) is 31.7 Å². The van der Waals surface area contributed by atoms with Crippen LogP contribution in [0.3, 0.4) is 0 Å². The summed E-state index contributed by atoms with van der Waals surface area (Å²) in [6.45, 7) is 3.81. The predicted octanol–water partition coefficient (Wildman–Crippen LogP) is 0.661. The van der Waals surface area contributed by atoms with Crippen LogP contribution in [0.15, 0.2) is 24.3 Å². The van der Waals surface area contributed by atoms with Crippen molar-refractivity contribution >= 4 is 11.4 Å². The van der Waals surface area contributed by atoms with E-state index in [0.717, 1.165) is 50.1 Å². The van der Waals surface area contributed by atoms with Gasteiger partial charge in [-0.1, -0.05) is 24.3 Å². The SMILES string of the molecule is COC[C@@H]1CCCN1NC(=c1ccc(=C(C#N)C#N)cc1)N1CCCC1. The zero-order valence-corrected chi connectivity index (χ0v) is 15.2. The largest absolute Gasteiger partial charge is 0.383 e. The van der Waals surface area contributed by atoms with E-state index in [-0.39, 0.29) is 5.57 Å². The molecule has 2 aliphatic heterocycles. The van der Waals surface area contributed by atoms with Crippen LogP contribution in [0, 0.1) is 22.7 Å². The molecule has 6 heteroatoms. The summed E-state index contributed by atoms with van der Waals surface area (Å²) in [5, 5.41) is 22.1. The molecule has 0 radical (unpaired) electrons. The zero-order chi connectivity index (χ0) is 18.4. The maximum Gasteiger partial charge on any atom is 0.136 e. The quantitative estimate of drug-likeness (QED) is 0.840. The maximum absolute atomic E-state index is 9.05. The molecule has 0 aliphatic carbocycles. The molecule has 6 nitrogen and oxygen atoms in total. The maximum atomic E-state index is 9.05. The topological polar surface area (TPSA) is 75.3 Å². The normalized spacial score (nSPS) is 19.8. The minimum absolute atomic E-state index is 0.145. The van der Waals surface area contributed by atoms with Crippen molar-refractivity contribution in [2.24, 2.45) is 0 Å². The van der Waals surface area contributed by atoms with Crippen LogP contribution in [0.2, 0.25) is 0 Å². The fourth-order valence-corrected chi connectivity index (χ4v) is 3.69. The number of nitriles is 2. The molecule has 2 saturated heterocycles. The Morgan fingerprint density at radius 2 is 1.73 bits per heavy atom. The van der Waals surface area contributed by atoms with Gasteiger partial charge in [0.2, 0.25) is 0 Å². The summed E-state index contributed by atoms with van der Waals surface area (Å²) < 4.78 is 5.37. The van der Waals surface area contributed by atoms with Crippen molar-refractivity contribution in [2.75, 3.05) is 33.4 Å². The van der Waals surface area contributed by atoms with Crippen LogP contribution in [0.4, 0.5) is 0 Å². The number of methoxy groups -OCH3 is 1. The second kappa shape index (κ2) is 8.71. The minimum Gasteiger partial charge on any atom is -0.383 e. The van der Waals surface area contributed by atoms with E-state index in [2.05, 4.69) is 15.3 Å². The molecule has 0 saturated carbocycles. The van der Waals surface area contributed by atoms with E-state index in [1.165, 1.54) is 12.8 Å². The molecule has 136 valence electrons. The van der Waals surface area contributed by atoms with Crippen LogP contribution >= 0.6 is 0 Å². The zero-order valence-electron chi connectivity index (χ0n) is 15.2. The van der Waals surface area contributed by atoms with Crippen LogP contribution < -0.4 is 15.9 Å². The molecule has 1 aromatic rings. The van der Waals surface area contributed by atoms with Gasteiger partial charge >= 0.3 is 0 Å². The summed E-state index contributed by atoms with van der Waals surface area (Å²) in [6.07, 6.45) is 4.70. The Morgan fingerprint density at radius 3 is 2.35 bits per heavy atom. The van der Waals surface area contributed by atoms with Gasteiger partial charge in [-0.2, -0.15) is 10.5 Å². The molecule has 2 heterocycles. The highest BCUT2D eigenvalue weighted by molar-refractivity contribution is 5.72. The average molecular weight is 351 g/mol. The van der Waals surface area contributed by atoms with Crippen molar-refractivity contribution in [3.8, 4) is 12.1 Å². The van der Waals surface area contributed by atoms with Crippen LogP contribution in [-0.4, -0.2) is 49.3 Å². The molecule has 0 spiro atoms. The third kappa shape index (κ3) is 3.99. The van der Waals surface area contributed by atoms with Gasteiger partial charge in [-0.25, -0.2) is 5.01 Å². The van der Waals surface area contributed by atoms with Crippen LogP contribution in [0.1, 0.15) is 25.7 Å². The average Bonchev–Trinajstić information content (AvgIpc) is 3.34. The fraction of sp³-hybridized carbons (Fsp3) is 0.500. The molecule has 0 unspecified atom stereocenters. The summed E-state index contributed by atoms with van der Waals surface area (Å²) in [4.78, 5) is 2.39. The number of likely N-dealkylation sites (tertiary alicyclic amines) is 1. The molecule has 0 aromatic heterocycles. The van der Waals surface area contributed by atoms with E-state index >= 15 is 0 Å². The number of nitrogens with zero attached hydrogens (tertiary/aromatic N) is 4. The van der Waals surface area contributed by atoms with Crippen LogP contribution in [0.5, 0.6) is 0 Å². The molecule has 0 bridgehead atoms. The molecule has 2 fully saturated rings. The van der Waals surface area contributed by atoms with Gasteiger partial charge < -0.3 is 15.1 Å². The second-order valence-corrected chi connectivity index (χ2v) is 6.78. The first kappa shape index (κ1) is 18.3. The lowest BCUT2D eigenvalue weighted by molar-refractivity contribution is 0.0935. The number of ether oxygens (including phenoxy) is 1. The number of hydrogen-bond acceptors (Lipinski definition) is 6. The number of hydrazine groups is 1. The van der Waals surface area contributed by atoms with Crippen molar-refractivity contribution in [3.05, 3.63) is 34.7 Å². The van der Waals surface area contributed by atoms with E-state index in [1.807, 2.05) is 36.4 Å². The van der Waals surface area contributed by atoms with E-state index in [4.69, 9.17) is 15.3 Å². The van der Waals surface area contributed by atoms with Gasteiger partial charge in [0.25, 0.3) is 0 Å². The minimum atomic E-state index is 0.145. The Labute approximate surface area is 154 Å². The molecule has 2 aliphatic rings. The first-order valence-electron chi connectivity index (χ1n) is 9.19. The first-order valence-corrected chi connectivity index (χ1v) is 9.19. The summed E-state index contributed by atoms with van der Waals surface area (Å²) in [5.74, 6) is 1.10. The molecule has 1 aromatic carbocycles. The molecular formula is C20H25N5O. The first-order chi connectivity index (χ1) is 12.8. The molecular weight excluding hydrogens is 326 g/mol. The van der Waals surface area contributed by atoms with Gasteiger partial charge in [0.05, 0.1) is 12.6 Å². The molecule has 0 amide bonds. The van der Waals surface area contributed by atoms with Gasteiger partial charge in [0, 0.05) is 37.2 Å². The van der Waals surface area contributed by atoms with Crippen molar-refractivity contribution in [1.29, 1.82) is 10.5 Å². The summed E-state index contributed by atoms with van der Waals surface area (Å²) in [6, 6.07) is 12.0. The van der Waals surface area contributed by atoms with Gasteiger partial charge in [0.15, 0.2) is 0 Å². The van der Waals surface area contributed by atoms with Gasteiger partial charge in [-0.15, -0.1) is 0 Å². The van der Waals surface area contributed by atoms with E-state index < -0.39 is 0 Å². The number of benzene rings is 1. The third-order valence-electron chi connectivity index (χ3n) is 5.08. The number of nitrogens with one attached hydrogen (secondary N) is 1. The summed E-state index contributed by atoms with van der Waals surface area (Å²) >= 11 is 0. The highest BCUT2D eigenvalue weighted by atomic mass is 16.5. The van der Waals surface area contributed by atoms with Gasteiger partial charge in [-0.3, -0.25) is 0 Å². The smallest absolute Gasteiger partial charge is 0.136 e. The number of rotatable bonds is 5. The lowest BCUT2D eigenvalue weighted by Crippen LogP contribution is -2.48. The predicted molar refractivity (Wildman–Crippen MR) is 99.3 cm³/mol. The Kier molecular flexibility index (Phi) is 6.12. The van der Waals surface area contributed by atoms with Crippen LogP contribution in [0.25, 0.3) is 11.4 Å².